The van der Waals surface area contributed by atoms with Gasteiger partial charge >= 0.3 is 6.03 Å². The summed E-state index contributed by atoms with van der Waals surface area (Å²) in [6, 6.07) is 7.69. The largest absolute Gasteiger partial charge is 0.350 e. The average Bonchev–Trinajstić information content (AvgIpc) is 3.36. The van der Waals surface area contributed by atoms with Gasteiger partial charge < -0.3 is 10.6 Å². The summed E-state index contributed by atoms with van der Waals surface area (Å²) in [6.07, 6.45) is 5.57. The lowest BCUT2D eigenvalue weighted by Crippen LogP contribution is -2.51. The van der Waals surface area contributed by atoms with Crippen LogP contribution in [-0.4, -0.2) is 52.8 Å². The minimum Gasteiger partial charge on any atom is -0.350 e. The van der Waals surface area contributed by atoms with Crippen molar-refractivity contribution in [3.05, 3.63) is 35.4 Å². The van der Waals surface area contributed by atoms with Gasteiger partial charge in [0.05, 0.1) is 0 Å². The van der Waals surface area contributed by atoms with Crippen LogP contribution >= 0.6 is 0 Å². The van der Waals surface area contributed by atoms with Gasteiger partial charge in [-0.3, -0.25) is 19.4 Å². The Morgan fingerprint density at radius 2 is 1.73 bits per heavy atom. The Kier molecular flexibility index (Phi) is 6.80. The Bertz CT molecular complexity index is 893. The van der Waals surface area contributed by atoms with Crippen molar-refractivity contribution in [2.75, 3.05) is 19.6 Å². The maximum atomic E-state index is 13.2. The lowest BCUT2D eigenvalue weighted by atomic mass is 9.67. The first kappa shape index (κ1) is 23.7. The lowest BCUT2D eigenvalue weighted by Gasteiger charge is -2.40. The van der Waals surface area contributed by atoms with Gasteiger partial charge in [-0.1, -0.05) is 45.0 Å². The number of benzene rings is 1. The van der Waals surface area contributed by atoms with E-state index in [1.54, 1.807) is 0 Å². The molecular formula is C26H38N4O3. The molecule has 1 saturated carbocycles. The Hall–Kier alpha value is -2.41. The fourth-order valence-corrected chi connectivity index (χ4v) is 5.59. The van der Waals surface area contributed by atoms with Gasteiger partial charge in [-0.25, -0.2) is 4.79 Å². The molecule has 3 aliphatic rings. The number of nitrogens with one attached hydrogen (secondary N) is 2. The quantitative estimate of drug-likeness (QED) is 0.646. The van der Waals surface area contributed by atoms with E-state index in [0.29, 0.717) is 25.3 Å². The molecule has 7 heteroatoms. The molecule has 0 atom stereocenters. The molecule has 0 radical (unpaired) electrons. The first-order valence-electron chi connectivity index (χ1n) is 12.4. The summed E-state index contributed by atoms with van der Waals surface area (Å²) in [5.41, 5.74) is 1.65. The smallest absolute Gasteiger partial charge is 0.325 e. The highest BCUT2D eigenvalue weighted by atomic mass is 16.2. The molecule has 1 spiro atoms. The molecule has 0 unspecified atom stereocenters. The van der Waals surface area contributed by atoms with E-state index in [1.807, 2.05) is 18.2 Å². The fraction of sp³-hybridized carbons (Fsp3) is 0.654. The van der Waals surface area contributed by atoms with Crippen molar-refractivity contribution in [1.82, 2.24) is 20.4 Å². The second-order valence-corrected chi connectivity index (χ2v) is 11.1. The van der Waals surface area contributed by atoms with E-state index >= 15 is 0 Å². The number of likely N-dealkylation sites (tertiary alicyclic amines) is 1. The van der Waals surface area contributed by atoms with Gasteiger partial charge in [0.15, 0.2) is 0 Å². The second-order valence-electron chi connectivity index (χ2n) is 11.1. The number of nitrogens with zero attached hydrogens (tertiary/aromatic N) is 2. The number of carbonyl (C=O) groups is 3. The molecule has 2 aliphatic heterocycles. The van der Waals surface area contributed by atoms with Crippen molar-refractivity contribution >= 4 is 17.8 Å². The first-order chi connectivity index (χ1) is 15.7. The van der Waals surface area contributed by atoms with Crippen molar-refractivity contribution in [2.45, 2.75) is 77.9 Å². The van der Waals surface area contributed by atoms with E-state index in [2.05, 4.69) is 42.4 Å². The first-order valence-corrected chi connectivity index (χ1v) is 12.4. The average molecular weight is 455 g/mol. The number of carbonyl (C=O) groups excluding carboxylic acids is 3. The van der Waals surface area contributed by atoms with Crippen LogP contribution in [0.1, 0.15) is 70.4 Å². The van der Waals surface area contributed by atoms with Gasteiger partial charge in [-0.2, -0.15) is 0 Å². The van der Waals surface area contributed by atoms with Crippen LogP contribution in [0.5, 0.6) is 0 Å². The molecule has 4 rings (SSSR count). The molecule has 2 saturated heterocycles. The Labute approximate surface area is 197 Å². The molecule has 33 heavy (non-hydrogen) atoms. The monoisotopic (exact) mass is 454 g/mol. The molecule has 2 heterocycles. The van der Waals surface area contributed by atoms with E-state index in [-0.39, 0.29) is 23.8 Å². The molecule has 180 valence electrons. The number of amides is 4. The number of imide groups is 1. The van der Waals surface area contributed by atoms with Gasteiger partial charge in [0, 0.05) is 13.1 Å². The Morgan fingerprint density at radius 1 is 1.09 bits per heavy atom. The van der Waals surface area contributed by atoms with Crippen LogP contribution in [-0.2, 0) is 22.7 Å². The molecule has 0 bridgehead atoms. The minimum atomic E-state index is -0.832. The van der Waals surface area contributed by atoms with E-state index < -0.39 is 11.6 Å². The third-order valence-electron chi connectivity index (χ3n) is 7.80. The summed E-state index contributed by atoms with van der Waals surface area (Å²) in [7, 11) is 0. The molecule has 4 amide bonds. The Morgan fingerprint density at radius 3 is 2.36 bits per heavy atom. The van der Waals surface area contributed by atoms with Gasteiger partial charge in [0.25, 0.3) is 5.91 Å². The summed E-state index contributed by atoms with van der Waals surface area (Å²) in [4.78, 5) is 42.0. The van der Waals surface area contributed by atoms with Crippen LogP contribution in [0.2, 0.25) is 0 Å². The van der Waals surface area contributed by atoms with Crippen LogP contribution in [0.25, 0.3) is 0 Å². The van der Waals surface area contributed by atoms with Crippen LogP contribution in [0.4, 0.5) is 4.79 Å². The van der Waals surface area contributed by atoms with Gasteiger partial charge in [-0.15, -0.1) is 0 Å². The topological polar surface area (TPSA) is 81.8 Å². The van der Waals surface area contributed by atoms with Crippen LogP contribution in [0, 0.1) is 11.3 Å². The predicted molar refractivity (Wildman–Crippen MR) is 127 cm³/mol. The van der Waals surface area contributed by atoms with Crippen LogP contribution in [0.15, 0.2) is 24.3 Å². The normalized spacial score (nSPS) is 26.2. The molecule has 2 N–H and O–H groups in total. The van der Waals surface area contributed by atoms with Crippen LogP contribution < -0.4 is 10.6 Å². The molecule has 1 aliphatic carbocycles. The maximum absolute atomic E-state index is 13.2. The zero-order valence-electron chi connectivity index (χ0n) is 20.3. The van der Waals surface area contributed by atoms with Gasteiger partial charge in [0.1, 0.15) is 12.1 Å². The Balaban J connectivity index is 1.32. The molecule has 7 nitrogen and oxygen atoms in total. The van der Waals surface area contributed by atoms with Gasteiger partial charge in [-0.05, 0) is 74.1 Å². The summed E-state index contributed by atoms with van der Waals surface area (Å²) in [5, 5.41) is 5.84. The van der Waals surface area contributed by atoms with E-state index in [1.165, 1.54) is 18.4 Å². The SMILES string of the molecule is CC(C)(C)C1CCC2(CC1)NC(=O)N(CC(=O)NCc1ccccc1CN1CCCC1)C2=O. The van der Waals surface area contributed by atoms with Crippen molar-refractivity contribution in [2.24, 2.45) is 11.3 Å². The molecule has 3 fully saturated rings. The number of rotatable bonds is 6. The van der Waals surface area contributed by atoms with Crippen molar-refractivity contribution in [3.63, 3.8) is 0 Å². The highest BCUT2D eigenvalue weighted by molar-refractivity contribution is 6.09. The highest BCUT2D eigenvalue weighted by Gasteiger charge is 2.53. The second kappa shape index (κ2) is 9.45. The molecule has 1 aromatic rings. The molecular weight excluding hydrogens is 416 g/mol. The summed E-state index contributed by atoms with van der Waals surface area (Å²) in [5.74, 6) is -0.0230. The number of hydrogen-bond donors (Lipinski definition) is 2. The summed E-state index contributed by atoms with van der Waals surface area (Å²) >= 11 is 0. The summed E-state index contributed by atoms with van der Waals surface area (Å²) in [6.45, 7) is 9.96. The lowest BCUT2D eigenvalue weighted by molar-refractivity contribution is -0.136. The zero-order valence-corrected chi connectivity index (χ0v) is 20.3. The fourth-order valence-electron chi connectivity index (χ4n) is 5.59. The van der Waals surface area contributed by atoms with Crippen molar-refractivity contribution in [3.8, 4) is 0 Å². The van der Waals surface area contributed by atoms with E-state index in [9.17, 15) is 14.4 Å². The van der Waals surface area contributed by atoms with Crippen molar-refractivity contribution < 1.29 is 14.4 Å². The van der Waals surface area contributed by atoms with Gasteiger partial charge in [0.2, 0.25) is 5.91 Å². The zero-order chi connectivity index (χ0) is 23.6. The third kappa shape index (κ3) is 5.24. The number of hydrogen-bond acceptors (Lipinski definition) is 4. The highest BCUT2D eigenvalue weighted by Crippen LogP contribution is 2.43. The predicted octanol–water partition coefficient (Wildman–Crippen LogP) is 3.43. The van der Waals surface area contributed by atoms with E-state index in [4.69, 9.17) is 0 Å². The minimum absolute atomic E-state index is 0.192. The standard InChI is InChI=1S/C26H38N4O3/c1-25(2,3)21-10-12-26(13-11-21)23(32)30(24(33)28-26)18-22(31)27-16-19-8-4-5-9-20(19)17-29-14-6-7-15-29/h4-5,8-9,21H,6-7,10-18H2,1-3H3,(H,27,31)(H,28,33). The molecule has 0 aromatic heterocycles. The maximum Gasteiger partial charge on any atom is 0.325 e. The summed E-state index contributed by atoms with van der Waals surface area (Å²) < 4.78 is 0. The third-order valence-corrected chi connectivity index (χ3v) is 7.80. The van der Waals surface area contributed by atoms with Crippen molar-refractivity contribution in [1.29, 1.82) is 0 Å². The number of urea groups is 1. The molecule has 1 aromatic carbocycles. The van der Waals surface area contributed by atoms with Crippen LogP contribution in [0.3, 0.4) is 0 Å². The van der Waals surface area contributed by atoms with E-state index in [0.717, 1.165) is 42.9 Å².